The maximum atomic E-state index is 14.5. The first-order valence-corrected chi connectivity index (χ1v) is 19.8. The molecule has 0 unspecified atom stereocenters. The number of ether oxygens (including phenoxy) is 7. The van der Waals surface area contributed by atoms with Gasteiger partial charge in [-0.2, -0.15) is 0 Å². The molecular weight excluding hydrogens is 726 g/mol. The third-order valence-corrected chi connectivity index (χ3v) is 11.9. The molecule has 0 spiro atoms. The van der Waals surface area contributed by atoms with E-state index in [4.69, 9.17) is 38.0 Å². The van der Waals surface area contributed by atoms with Crippen molar-refractivity contribution in [2.24, 2.45) is 28.8 Å². The number of amides is 1. The van der Waals surface area contributed by atoms with Crippen LogP contribution in [-0.2, 0) is 47.5 Å². The van der Waals surface area contributed by atoms with Crippen molar-refractivity contribution in [2.75, 3.05) is 27.3 Å². The zero-order valence-electron chi connectivity index (χ0n) is 34.6. The largest absolute Gasteiger partial charge is 0.458 e. The molecule has 14 atom stereocenters. The van der Waals surface area contributed by atoms with Gasteiger partial charge >= 0.3 is 18.0 Å². The summed E-state index contributed by atoms with van der Waals surface area (Å²) < 4.78 is 45.0. The zero-order valence-corrected chi connectivity index (χ0v) is 34.6. The molecule has 0 saturated carbocycles. The van der Waals surface area contributed by atoms with Crippen molar-refractivity contribution in [2.45, 2.75) is 142 Å². The van der Waals surface area contributed by atoms with E-state index in [1.165, 1.54) is 6.92 Å². The highest BCUT2D eigenvalue weighted by molar-refractivity contribution is 5.87. The summed E-state index contributed by atoms with van der Waals surface area (Å²) in [6, 6.07) is 8.02. The molecule has 0 radical (unpaired) electrons. The second-order valence-corrected chi connectivity index (χ2v) is 16.6. The number of carbonyl (C=O) groups excluding carboxylic acids is 4. The fourth-order valence-electron chi connectivity index (χ4n) is 9.00. The summed E-state index contributed by atoms with van der Waals surface area (Å²) >= 11 is 0. The summed E-state index contributed by atoms with van der Waals surface area (Å²) in [4.78, 5) is 62.0. The third-order valence-electron chi connectivity index (χ3n) is 11.9. The Kier molecular flexibility index (Phi) is 13.9. The number of ketones is 1. The Labute approximate surface area is 330 Å². The average Bonchev–Trinajstić information content (AvgIpc) is 3.48. The van der Waals surface area contributed by atoms with Crippen molar-refractivity contribution < 1.29 is 57.2 Å². The number of hydrogen-bond acceptors (Lipinski definition) is 14. The highest BCUT2D eigenvalue weighted by atomic mass is 16.7. The number of nitrogens with one attached hydrogen (secondary N) is 1. The van der Waals surface area contributed by atoms with Crippen molar-refractivity contribution >= 4 is 29.5 Å². The SMILES string of the molecule is CC[C@H]1OC(=O)[C@H](C)[C@H]2OC/C(=N/Oc3ccccc3)CO[C@](C)(C[C@@H](C)C(=O)[C@H](C)[C@@H]3NC(=O)O[C@]13C)[C@H](O[C@@H]1O[C@H](C)C[C@H](N(C)C)[C@H]1OC(C)=O)[C@@H]2C. The molecule has 2 bridgehead atoms. The van der Waals surface area contributed by atoms with E-state index < -0.39 is 89.7 Å². The van der Waals surface area contributed by atoms with Gasteiger partial charge in [0.25, 0.3) is 0 Å². The van der Waals surface area contributed by atoms with Crippen molar-refractivity contribution in [3.8, 4) is 5.75 Å². The van der Waals surface area contributed by atoms with Crippen LogP contribution in [0, 0.1) is 23.7 Å². The fourth-order valence-corrected chi connectivity index (χ4v) is 9.00. The van der Waals surface area contributed by atoms with E-state index in [2.05, 4.69) is 10.5 Å². The predicted octanol–water partition coefficient (Wildman–Crippen LogP) is 4.68. The molecule has 4 heterocycles. The molecule has 4 saturated heterocycles. The molecule has 312 valence electrons. The minimum absolute atomic E-state index is 0.0674. The monoisotopic (exact) mass is 787 g/mol. The number of esters is 2. The molecule has 1 aromatic rings. The van der Waals surface area contributed by atoms with Crippen LogP contribution in [0.25, 0.3) is 0 Å². The number of oxime groups is 1. The second kappa shape index (κ2) is 17.9. The number of hydrogen-bond donors (Lipinski definition) is 1. The number of para-hydroxylation sites is 1. The number of cyclic esters (lactones) is 1. The van der Waals surface area contributed by atoms with Gasteiger partial charge in [-0.25, -0.2) is 4.79 Å². The molecule has 56 heavy (non-hydrogen) atoms. The summed E-state index contributed by atoms with van der Waals surface area (Å²) in [7, 11) is 3.82. The van der Waals surface area contributed by atoms with E-state index in [0.717, 1.165) is 0 Å². The van der Waals surface area contributed by atoms with Crippen LogP contribution in [0.4, 0.5) is 4.79 Å². The molecular formula is C41H61N3O12. The first kappa shape index (κ1) is 43.5. The number of nitrogens with zero attached hydrogens (tertiary/aromatic N) is 2. The fraction of sp³-hybridized carbons (Fsp3) is 0.732. The first-order chi connectivity index (χ1) is 26.4. The quantitative estimate of drug-likeness (QED) is 0.230. The molecule has 0 aromatic heterocycles. The summed E-state index contributed by atoms with van der Waals surface area (Å²) in [6.45, 7) is 15.7. The Balaban J connectivity index is 1.65. The van der Waals surface area contributed by atoms with Gasteiger partial charge in [-0.3, -0.25) is 14.4 Å². The lowest BCUT2D eigenvalue weighted by molar-refractivity contribution is -0.304. The van der Waals surface area contributed by atoms with Crippen molar-refractivity contribution in [3.05, 3.63) is 30.3 Å². The van der Waals surface area contributed by atoms with Gasteiger partial charge in [0, 0.05) is 24.7 Å². The number of fused-ring (bicyclic) bond motifs is 4. The minimum atomic E-state index is -1.33. The van der Waals surface area contributed by atoms with Gasteiger partial charge in [-0.05, 0) is 73.2 Å². The number of benzene rings is 1. The molecule has 5 rings (SSSR count). The molecule has 0 aliphatic carbocycles. The number of likely N-dealkylation sites (N-methyl/N-ethyl adjacent to an activating group) is 1. The maximum absolute atomic E-state index is 14.5. The molecule has 4 aliphatic rings. The summed E-state index contributed by atoms with van der Waals surface area (Å²) in [6.07, 6.45) is -4.46. The van der Waals surface area contributed by atoms with Crippen LogP contribution in [-0.4, -0.2) is 122 Å². The summed E-state index contributed by atoms with van der Waals surface area (Å²) in [5.41, 5.74) is -2.21. The van der Waals surface area contributed by atoms with Crippen molar-refractivity contribution in [3.63, 3.8) is 0 Å². The standard InChI is InChI=1S/C41H61N3O12/c1-12-31-41(9)35(42-39(48)55-41)24(4)32(46)22(2)19-40(8)36(54-38-34(52-27(7)45)30(44(10)11)18-23(3)51-38)25(5)33(26(6)37(47)53-31)49-20-28(21-50-40)43-56-29-16-14-13-15-17-29/h13-17,22-26,30-31,33-36,38H,12,18-21H2,1-11H3,(H,42,48)/b43-28-/t22-,23-,24+,25-,26-,30+,31-,33+,34-,35+,36-,38+,40-,41-/m1/s1. The maximum Gasteiger partial charge on any atom is 0.408 e. The van der Waals surface area contributed by atoms with E-state index in [1.807, 2.05) is 71.8 Å². The number of rotatable bonds is 7. The summed E-state index contributed by atoms with van der Waals surface area (Å²) in [5.74, 6) is -3.61. The van der Waals surface area contributed by atoms with E-state index >= 15 is 0 Å². The molecule has 15 heteroatoms. The molecule has 1 amide bonds. The van der Waals surface area contributed by atoms with Crippen LogP contribution in [0.2, 0.25) is 0 Å². The van der Waals surface area contributed by atoms with E-state index in [9.17, 15) is 19.2 Å². The Bertz CT molecular complexity index is 1590. The number of Topliss-reactive ketones (excluding diaryl/α,β-unsaturated/α-hetero) is 1. The van der Waals surface area contributed by atoms with Gasteiger partial charge in [-0.15, -0.1) is 0 Å². The van der Waals surface area contributed by atoms with Crippen LogP contribution in [0.1, 0.15) is 81.6 Å². The lowest BCUT2D eigenvalue weighted by atomic mass is 9.73. The van der Waals surface area contributed by atoms with Gasteiger partial charge in [0.15, 0.2) is 23.7 Å². The molecule has 15 nitrogen and oxygen atoms in total. The van der Waals surface area contributed by atoms with Gasteiger partial charge in [0.05, 0.1) is 55.1 Å². The third kappa shape index (κ3) is 9.39. The number of alkyl carbamates (subject to hydrolysis) is 1. The summed E-state index contributed by atoms with van der Waals surface area (Å²) in [5, 5.41) is 7.26. The Morgan fingerprint density at radius 2 is 1.71 bits per heavy atom. The van der Waals surface area contributed by atoms with E-state index in [-0.39, 0.29) is 37.6 Å². The van der Waals surface area contributed by atoms with Crippen LogP contribution in [0.5, 0.6) is 5.75 Å². The van der Waals surface area contributed by atoms with Gasteiger partial charge < -0.3 is 48.2 Å². The Morgan fingerprint density at radius 3 is 2.36 bits per heavy atom. The normalized spacial score (nSPS) is 40.6. The number of carbonyl (C=O) groups is 4. The van der Waals surface area contributed by atoms with E-state index in [0.29, 0.717) is 24.3 Å². The van der Waals surface area contributed by atoms with Crippen molar-refractivity contribution in [1.82, 2.24) is 10.2 Å². The van der Waals surface area contributed by atoms with Gasteiger partial charge in [0.1, 0.15) is 17.6 Å². The topological polar surface area (TPSA) is 170 Å². The smallest absolute Gasteiger partial charge is 0.408 e. The molecule has 1 N–H and O–H groups in total. The zero-order chi connectivity index (χ0) is 41.1. The minimum Gasteiger partial charge on any atom is -0.458 e. The van der Waals surface area contributed by atoms with Crippen LogP contribution < -0.4 is 10.2 Å². The Morgan fingerprint density at radius 1 is 1.02 bits per heavy atom. The lowest BCUT2D eigenvalue weighted by Crippen LogP contribution is -2.61. The van der Waals surface area contributed by atoms with Crippen LogP contribution >= 0.6 is 0 Å². The van der Waals surface area contributed by atoms with E-state index in [1.54, 1.807) is 32.9 Å². The van der Waals surface area contributed by atoms with Crippen LogP contribution in [0.15, 0.2) is 35.5 Å². The van der Waals surface area contributed by atoms with Crippen molar-refractivity contribution in [1.29, 1.82) is 0 Å². The molecule has 4 fully saturated rings. The predicted molar refractivity (Wildman–Crippen MR) is 204 cm³/mol. The second-order valence-electron chi connectivity index (χ2n) is 16.6. The Hall–Kier alpha value is -3.63. The van der Waals surface area contributed by atoms with Gasteiger partial charge in [0.2, 0.25) is 0 Å². The first-order valence-electron chi connectivity index (χ1n) is 19.8. The van der Waals surface area contributed by atoms with Gasteiger partial charge in [-0.1, -0.05) is 51.0 Å². The highest BCUT2D eigenvalue weighted by Crippen LogP contribution is 2.42. The molecule has 4 aliphatic heterocycles. The highest BCUT2D eigenvalue weighted by Gasteiger charge is 2.58. The average molecular weight is 788 g/mol. The van der Waals surface area contributed by atoms with Crippen LogP contribution in [0.3, 0.4) is 0 Å². The molecule has 1 aromatic carbocycles. The lowest BCUT2D eigenvalue weighted by Gasteiger charge is -2.49.